The molecule has 3 nitrogen and oxygen atoms in total. The summed E-state index contributed by atoms with van der Waals surface area (Å²) < 4.78 is 9.01. The van der Waals surface area contributed by atoms with Crippen molar-refractivity contribution in [2.75, 3.05) is 13.7 Å². The van der Waals surface area contributed by atoms with Crippen LogP contribution in [0.2, 0.25) is 0 Å². The van der Waals surface area contributed by atoms with Crippen LogP contribution in [0.3, 0.4) is 0 Å². The van der Waals surface area contributed by atoms with E-state index in [1.807, 2.05) is 0 Å². The van der Waals surface area contributed by atoms with E-state index in [9.17, 15) is 0 Å². The van der Waals surface area contributed by atoms with E-state index in [1.54, 1.807) is 0 Å². The van der Waals surface area contributed by atoms with Gasteiger partial charge in [0.2, 0.25) is 0 Å². The van der Waals surface area contributed by atoms with Crippen molar-refractivity contribution < 1.29 is 14.3 Å². The minimum Gasteiger partial charge on any atom is -0.471 e. The van der Waals surface area contributed by atoms with Crippen LogP contribution in [-0.2, 0) is 14.3 Å². The summed E-state index contributed by atoms with van der Waals surface area (Å²) in [5, 5.41) is 0. The van der Waals surface area contributed by atoms with Crippen LogP contribution in [0.15, 0.2) is 0 Å². The average molecular weight is 146 g/mol. The lowest BCUT2D eigenvalue weighted by molar-refractivity contribution is -0.126. The maximum absolute atomic E-state index is 8.95. The van der Waals surface area contributed by atoms with Gasteiger partial charge in [-0.05, 0) is 19.8 Å². The molecule has 1 fully saturated rings. The summed E-state index contributed by atoms with van der Waals surface area (Å²) in [5.74, 6) is 0. The van der Waals surface area contributed by atoms with Gasteiger partial charge in [-0.1, -0.05) is 0 Å². The first-order chi connectivity index (χ1) is 4.81. The van der Waals surface area contributed by atoms with Crippen molar-refractivity contribution in [3.05, 3.63) is 0 Å². The monoisotopic (exact) mass is 146 g/mol. The predicted molar refractivity (Wildman–Crippen MR) is 37.7 cm³/mol. The van der Waals surface area contributed by atoms with Crippen LogP contribution in [0.5, 0.6) is 0 Å². The Bertz CT molecular complexity index is 76.9. The summed E-state index contributed by atoms with van der Waals surface area (Å²) in [7, 11) is 1.31. The second-order valence-corrected chi connectivity index (χ2v) is 2.16. The number of hydrogen-bond acceptors (Lipinski definition) is 3. The van der Waals surface area contributed by atoms with Gasteiger partial charge in [0.15, 0.2) is 0 Å². The lowest BCUT2D eigenvalue weighted by Gasteiger charge is -1.94. The van der Waals surface area contributed by atoms with Crippen LogP contribution in [0.1, 0.15) is 19.8 Å². The van der Waals surface area contributed by atoms with E-state index in [0.29, 0.717) is 12.6 Å². The zero-order valence-corrected chi connectivity index (χ0v) is 6.50. The van der Waals surface area contributed by atoms with Crippen molar-refractivity contribution in [1.29, 1.82) is 0 Å². The van der Waals surface area contributed by atoms with Gasteiger partial charge in [0, 0.05) is 6.61 Å². The summed E-state index contributed by atoms with van der Waals surface area (Å²) in [6, 6.07) is 0. The third-order valence-corrected chi connectivity index (χ3v) is 1.25. The highest BCUT2D eigenvalue weighted by Gasteiger charge is 2.07. The van der Waals surface area contributed by atoms with Gasteiger partial charge in [-0.3, -0.25) is 4.79 Å². The first kappa shape index (κ1) is 9.43. The van der Waals surface area contributed by atoms with Crippen LogP contribution < -0.4 is 0 Å². The first-order valence-electron chi connectivity index (χ1n) is 3.39. The predicted octanol–water partition coefficient (Wildman–Crippen LogP) is 0.974. The number of methoxy groups -OCH3 is 1. The molecular weight excluding hydrogens is 132 g/mol. The summed E-state index contributed by atoms with van der Waals surface area (Å²) >= 11 is 0. The first-order valence-corrected chi connectivity index (χ1v) is 3.39. The quantitative estimate of drug-likeness (QED) is 0.517. The highest BCUT2D eigenvalue weighted by atomic mass is 16.5. The van der Waals surface area contributed by atoms with E-state index >= 15 is 0 Å². The van der Waals surface area contributed by atoms with Crippen LogP contribution in [0.25, 0.3) is 0 Å². The maximum atomic E-state index is 8.95. The molecule has 10 heavy (non-hydrogen) atoms. The molecule has 1 aliphatic rings. The second-order valence-electron chi connectivity index (χ2n) is 2.16. The standard InChI is InChI=1S/C5H10O.C2H4O2/c1-5-3-2-4-6-5;1-4-2-3/h5H,2-4H2,1H3;2H,1H3. The molecule has 1 atom stereocenters. The highest BCUT2D eigenvalue weighted by molar-refractivity contribution is 5.36. The van der Waals surface area contributed by atoms with E-state index < -0.39 is 0 Å². The fraction of sp³-hybridized carbons (Fsp3) is 0.857. The number of carbonyl (C=O) groups excluding carboxylic acids is 1. The summed E-state index contributed by atoms with van der Waals surface area (Å²) in [6.07, 6.45) is 3.08. The molecule has 0 aromatic heterocycles. The summed E-state index contributed by atoms with van der Waals surface area (Å²) in [4.78, 5) is 8.95. The lowest BCUT2D eigenvalue weighted by atomic mass is 10.3. The molecule has 0 radical (unpaired) electrons. The molecule has 1 unspecified atom stereocenters. The maximum Gasteiger partial charge on any atom is 0.292 e. The molecule has 1 saturated heterocycles. The van der Waals surface area contributed by atoms with Gasteiger partial charge in [0.05, 0.1) is 13.2 Å². The van der Waals surface area contributed by atoms with Crippen LogP contribution in [0, 0.1) is 0 Å². The fourth-order valence-electron chi connectivity index (χ4n) is 0.739. The topological polar surface area (TPSA) is 35.5 Å². The molecule has 0 saturated carbocycles. The minimum atomic E-state index is 0.375. The highest BCUT2D eigenvalue weighted by Crippen LogP contribution is 2.09. The smallest absolute Gasteiger partial charge is 0.292 e. The molecule has 0 amide bonds. The average Bonchev–Trinajstić information content (AvgIpc) is 2.40. The van der Waals surface area contributed by atoms with Crippen LogP contribution >= 0.6 is 0 Å². The number of rotatable bonds is 1. The molecule has 0 aliphatic carbocycles. The fourth-order valence-corrected chi connectivity index (χ4v) is 0.739. The Morgan fingerprint density at radius 3 is 2.40 bits per heavy atom. The SMILES string of the molecule is CC1CCCO1.COC=O. The van der Waals surface area contributed by atoms with Crippen molar-refractivity contribution in [3.63, 3.8) is 0 Å². The zero-order valence-electron chi connectivity index (χ0n) is 6.50. The molecule has 1 rings (SSSR count). The van der Waals surface area contributed by atoms with Crippen molar-refractivity contribution in [1.82, 2.24) is 0 Å². The Balaban J connectivity index is 0.000000180. The number of ether oxygens (including phenoxy) is 2. The molecule has 0 N–H and O–H groups in total. The van der Waals surface area contributed by atoms with Crippen molar-refractivity contribution in [2.24, 2.45) is 0 Å². The molecule has 0 bridgehead atoms. The Morgan fingerprint density at radius 1 is 1.70 bits per heavy atom. The molecular formula is C7H14O3. The van der Waals surface area contributed by atoms with E-state index in [-0.39, 0.29) is 0 Å². The van der Waals surface area contributed by atoms with Gasteiger partial charge < -0.3 is 9.47 Å². The minimum absolute atomic E-state index is 0.375. The number of carbonyl (C=O) groups is 1. The van der Waals surface area contributed by atoms with Crippen LogP contribution in [-0.4, -0.2) is 26.3 Å². The van der Waals surface area contributed by atoms with Crippen molar-refractivity contribution in [3.8, 4) is 0 Å². The molecule has 0 spiro atoms. The van der Waals surface area contributed by atoms with Crippen molar-refractivity contribution in [2.45, 2.75) is 25.9 Å². The Kier molecular flexibility index (Phi) is 6.18. The Labute approximate surface area is 61.3 Å². The number of hydrogen-bond donors (Lipinski definition) is 0. The second kappa shape index (κ2) is 6.55. The third-order valence-electron chi connectivity index (χ3n) is 1.25. The molecule has 0 aromatic rings. The summed E-state index contributed by atoms with van der Waals surface area (Å²) in [6.45, 7) is 3.48. The van der Waals surface area contributed by atoms with Crippen molar-refractivity contribution >= 4 is 6.47 Å². The van der Waals surface area contributed by atoms with E-state index in [0.717, 1.165) is 6.61 Å². The summed E-state index contributed by atoms with van der Waals surface area (Å²) in [5.41, 5.74) is 0. The van der Waals surface area contributed by atoms with Crippen LogP contribution in [0.4, 0.5) is 0 Å². The Hall–Kier alpha value is -0.570. The molecule has 1 heterocycles. The van der Waals surface area contributed by atoms with Gasteiger partial charge >= 0.3 is 0 Å². The van der Waals surface area contributed by atoms with E-state index in [1.165, 1.54) is 20.0 Å². The normalized spacial score (nSPS) is 22.8. The Morgan fingerprint density at radius 2 is 2.30 bits per heavy atom. The van der Waals surface area contributed by atoms with Gasteiger partial charge in [-0.2, -0.15) is 0 Å². The van der Waals surface area contributed by atoms with E-state index in [4.69, 9.17) is 9.53 Å². The molecule has 3 heteroatoms. The molecule has 1 aliphatic heterocycles. The van der Waals surface area contributed by atoms with Gasteiger partial charge in [0.25, 0.3) is 6.47 Å². The van der Waals surface area contributed by atoms with Gasteiger partial charge in [-0.15, -0.1) is 0 Å². The van der Waals surface area contributed by atoms with E-state index in [2.05, 4.69) is 11.7 Å². The molecule has 60 valence electrons. The third kappa shape index (κ3) is 5.56. The molecule has 0 aromatic carbocycles. The van der Waals surface area contributed by atoms with Gasteiger partial charge in [-0.25, -0.2) is 0 Å². The van der Waals surface area contributed by atoms with Gasteiger partial charge in [0.1, 0.15) is 0 Å². The zero-order chi connectivity index (χ0) is 7.82. The lowest BCUT2D eigenvalue weighted by Crippen LogP contribution is -1.94. The largest absolute Gasteiger partial charge is 0.471 e.